The number of amides is 1. The Morgan fingerprint density at radius 1 is 1.05 bits per heavy atom. The number of nitrogens with zero attached hydrogens (tertiary/aromatic N) is 3. The van der Waals surface area contributed by atoms with Crippen LogP contribution in [0.15, 0.2) is 82.5 Å². The number of carboxylic acids is 1. The summed E-state index contributed by atoms with van der Waals surface area (Å²) in [5.41, 5.74) is 0.972. The summed E-state index contributed by atoms with van der Waals surface area (Å²) < 4.78 is 32.3. The molecule has 0 saturated heterocycles. The summed E-state index contributed by atoms with van der Waals surface area (Å²) in [7, 11) is -2.79. The van der Waals surface area contributed by atoms with E-state index in [1.54, 1.807) is 48.5 Å². The number of aliphatic carboxylic acids is 1. The third-order valence-corrected chi connectivity index (χ3v) is 7.96. The fourth-order valence-electron chi connectivity index (χ4n) is 3.89. The molecule has 38 heavy (non-hydrogen) atoms. The number of anilines is 1. The second-order valence-electron chi connectivity index (χ2n) is 8.40. The number of methoxy groups -OCH3 is 1. The highest BCUT2D eigenvalue weighted by atomic mass is 32.2. The van der Waals surface area contributed by atoms with Crippen LogP contribution < -0.4 is 15.6 Å². The molecule has 4 rings (SSSR count). The number of carboxylic acid groups (broad SMARTS) is 1. The Morgan fingerprint density at radius 3 is 2.50 bits per heavy atom. The van der Waals surface area contributed by atoms with Crippen molar-refractivity contribution in [1.82, 2.24) is 15.0 Å². The number of aryl methyl sites for hydroxylation is 1. The molecule has 0 aliphatic rings. The molecule has 1 aromatic heterocycles. The van der Waals surface area contributed by atoms with E-state index in [0.717, 1.165) is 10.2 Å². The first kappa shape index (κ1) is 26.5. The molecule has 0 bridgehead atoms. The molecule has 11 nitrogen and oxygen atoms in total. The van der Waals surface area contributed by atoms with Crippen molar-refractivity contribution in [2.45, 2.75) is 29.5 Å². The molecule has 1 heterocycles. The third-order valence-electron chi connectivity index (χ3n) is 5.85. The van der Waals surface area contributed by atoms with Crippen LogP contribution in [0.4, 0.5) is 5.69 Å². The second-order valence-corrected chi connectivity index (χ2v) is 10.5. The fourth-order valence-corrected chi connectivity index (χ4v) is 5.41. The zero-order valence-electron chi connectivity index (χ0n) is 20.3. The maximum Gasteiger partial charge on any atom is 0.322 e. The largest absolute Gasteiger partial charge is 0.497 e. The zero-order valence-corrected chi connectivity index (χ0v) is 21.1. The molecule has 0 radical (unpaired) electrons. The molecule has 12 heteroatoms. The quantitative estimate of drug-likeness (QED) is 0.310. The molecule has 0 fully saturated rings. The summed E-state index contributed by atoms with van der Waals surface area (Å²) >= 11 is 0. The van der Waals surface area contributed by atoms with Gasteiger partial charge in [-0.3, -0.25) is 14.4 Å². The molecule has 0 aliphatic carbocycles. The highest BCUT2D eigenvalue weighted by Gasteiger charge is 2.34. The van der Waals surface area contributed by atoms with Crippen molar-refractivity contribution in [3.05, 3.63) is 88.7 Å². The average Bonchev–Trinajstić information content (AvgIpc) is 2.90. The lowest BCUT2D eigenvalue weighted by Crippen LogP contribution is -2.34. The monoisotopic (exact) mass is 536 g/mol. The number of carbonyl (C=O) groups excluding carboxylic acids is 1. The van der Waals surface area contributed by atoms with Gasteiger partial charge in [-0.2, -0.15) is 0 Å². The van der Waals surface area contributed by atoms with Gasteiger partial charge >= 0.3 is 5.97 Å². The van der Waals surface area contributed by atoms with E-state index in [0.29, 0.717) is 22.3 Å². The number of nitrogens with one attached hydrogen (secondary N) is 1. The van der Waals surface area contributed by atoms with E-state index in [2.05, 4.69) is 15.6 Å². The van der Waals surface area contributed by atoms with Gasteiger partial charge in [-0.25, -0.2) is 13.1 Å². The molecular weight excluding hydrogens is 512 g/mol. The summed E-state index contributed by atoms with van der Waals surface area (Å²) in [6.07, 6.45) is -0.320. The van der Waals surface area contributed by atoms with E-state index in [1.807, 2.05) is 0 Å². The lowest BCUT2D eigenvalue weighted by Gasteiger charge is -2.14. The van der Waals surface area contributed by atoms with Gasteiger partial charge in [0.05, 0.1) is 23.8 Å². The number of carbonyl (C=O) groups is 2. The van der Waals surface area contributed by atoms with Gasteiger partial charge in [-0.15, -0.1) is 5.10 Å². The molecule has 0 spiro atoms. The van der Waals surface area contributed by atoms with E-state index in [9.17, 15) is 27.9 Å². The van der Waals surface area contributed by atoms with Gasteiger partial charge in [0.2, 0.25) is 5.91 Å². The predicted molar refractivity (Wildman–Crippen MR) is 139 cm³/mol. The molecule has 1 atom stereocenters. The van der Waals surface area contributed by atoms with E-state index in [1.165, 1.54) is 31.4 Å². The van der Waals surface area contributed by atoms with Gasteiger partial charge in [-0.05, 0) is 60.5 Å². The number of fused-ring (bicyclic) bond motifs is 1. The third kappa shape index (κ3) is 5.86. The van der Waals surface area contributed by atoms with Crippen molar-refractivity contribution in [3.63, 3.8) is 0 Å². The fraction of sp³-hybridized carbons (Fsp3) is 0.192. The highest BCUT2D eigenvalue weighted by molar-refractivity contribution is 7.92. The SMILES string of the molecule is COc1cccc(CC(=O)Nc2ccc(S(=O)(=O)C(CCn3nnc4ccccc4c3=O)C(=O)O)cc2)c1. The first-order valence-electron chi connectivity index (χ1n) is 11.5. The minimum Gasteiger partial charge on any atom is -0.497 e. The lowest BCUT2D eigenvalue weighted by molar-refractivity contribution is -0.136. The Hall–Kier alpha value is -4.58. The van der Waals surface area contributed by atoms with E-state index < -0.39 is 33.0 Å². The molecule has 3 aromatic carbocycles. The number of rotatable bonds is 10. The topological polar surface area (TPSA) is 158 Å². The normalized spacial score (nSPS) is 12.1. The van der Waals surface area contributed by atoms with Crippen LogP contribution >= 0.6 is 0 Å². The van der Waals surface area contributed by atoms with E-state index in [-0.39, 0.29) is 23.8 Å². The van der Waals surface area contributed by atoms with Crippen LogP contribution in [0.2, 0.25) is 0 Å². The molecule has 0 aliphatic heterocycles. The summed E-state index contributed by atoms with van der Waals surface area (Å²) in [5, 5.41) is 18.5. The molecule has 0 saturated carbocycles. The second kappa shape index (κ2) is 11.2. The molecule has 1 amide bonds. The minimum atomic E-state index is -4.32. The van der Waals surface area contributed by atoms with Gasteiger partial charge < -0.3 is 15.2 Å². The van der Waals surface area contributed by atoms with Gasteiger partial charge in [0.25, 0.3) is 5.56 Å². The molecule has 4 aromatic rings. The summed E-state index contributed by atoms with van der Waals surface area (Å²) in [4.78, 5) is 36.7. The van der Waals surface area contributed by atoms with Gasteiger partial charge in [0, 0.05) is 12.2 Å². The molecule has 2 N–H and O–H groups in total. The lowest BCUT2D eigenvalue weighted by atomic mass is 10.1. The van der Waals surface area contributed by atoms with Crippen LogP contribution in [0, 0.1) is 0 Å². The maximum atomic E-state index is 13.1. The van der Waals surface area contributed by atoms with E-state index >= 15 is 0 Å². The molecule has 1 unspecified atom stereocenters. The highest BCUT2D eigenvalue weighted by Crippen LogP contribution is 2.22. The van der Waals surface area contributed by atoms with Gasteiger partial charge in [0.1, 0.15) is 11.3 Å². The molecule has 196 valence electrons. The van der Waals surface area contributed by atoms with Crippen molar-refractivity contribution in [2.24, 2.45) is 0 Å². The van der Waals surface area contributed by atoms with Crippen LogP contribution in [0.5, 0.6) is 5.75 Å². The average molecular weight is 537 g/mol. The van der Waals surface area contributed by atoms with Crippen molar-refractivity contribution in [1.29, 1.82) is 0 Å². The van der Waals surface area contributed by atoms with Crippen molar-refractivity contribution < 1.29 is 27.9 Å². The standard InChI is InChI=1S/C26H24N4O7S/c1-37-19-6-4-5-17(15-19)16-24(31)27-18-9-11-20(12-10-18)38(35,36)23(26(33)34)13-14-30-25(32)21-7-2-3-8-22(21)28-29-30/h2-12,15,23H,13-14,16H2,1H3,(H,27,31)(H,33,34). The van der Waals surface area contributed by atoms with Crippen molar-refractivity contribution in [2.75, 3.05) is 12.4 Å². The van der Waals surface area contributed by atoms with E-state index in [4.69, 9.17) is 4.74 Å². The minimum absolute atomic E-state index is 0.0787. The van der Waals surface area contributed by atoms with Gasteiger partial charge in [0.15, 0.2) is 15.1 Å². The first-order valence-corrected chi connectivity index (χ1v) is 13.1. The first-order chi connectivity index (χ1) is 18.2. The Balaban J connectivity index is 1.45. The number of benzene rings is 3. The van der Waals surface area contributed by atoms with Crippen molar-refractivity contribution in [3.8, 4) is 5.75 Å². The van der Waals surface area contributed by atoms with Crippen molar-refractivity contribution >= 4 is 38.3 Å². The number of sulfone groups is 1. The van der Waals surface area contributed by atoms with Gasteiger partial charge in [-0.1, -0.05) is 29.5 Å². The Kier molecular flexibility index (Phi) is 7.82. The Bertz CT molecular complexity index is 1650. The maximum absolute atomic E-state index is 13.1. The Labute approximate surface area is 217 Å². The number of hydrogen-bond acceptors (Lipinski definition) is 8. The summed E-state index contributed by atoms with van der Waals surface area (Å²) in [5.74, 6) is -1.25. The number of hydrogen-bond donors (Lipinski definition) is 2. The van der Waals surface area contributed by atoms with Crippen LogP contribution in [-0.2, 0) is 32.4 Å². The van der Waals surface area contributed by atoms with Crippen LogP contribution in [0.1, 0.15) is 12.0 Å². The summed E-state index contributed by atoms with van der Waals surface area (Å²) in [6.45, 7) is -0.259. The smallest absolute Gasteiger partial charge is 0.322 e. The van der Waals surface area contributed by atoms with Crippen LogP contribution in [0.3, 0.4) is 0 Å². The molecular formula is C26H24N4O7S. The Morgan fingerprint density at radius 2 is 1.79 bits per heavy atom. The summed E-state index contributed by atoms with van der Waals surface area (Å²) in [6, 6.07) is 18.8. The predicted octanol–water partition coefficient (Wildman–Crippen LogP) is 2.30. The van der Waals surface area contributed by atoms with Crippen LogP contribution in [0.25, 0.3) is 10.9 Å². The van der Waals surface area contributed by atoms with Crippen LogP contribution in [-0.4, -0.2) is 52.8 Å². The number of aromatic nitrogens is 3. The zero-order chi connectivity index (χ0) is 27.3. The number of ether oxygens (including phenoxy) is 1.